The van der Waals surface area contributed by atoms with Gasteiger partial charge in [-0.15, -0.1) is 0 Å². The van der Waals surface area contributed by atoms with Crippen LogP contribution < -0.4 is 0 Å². The van der Waals surface area contributed by atoms with Gasteiger partial charge in [-0.2, -0.15) is 26.3 Å². The molecule has 9 heteroatoms. The van der Waals surface area contributed by atoms with Crippen LogP contribution in [0.25, 0.3) is 0 Å². The molecule has 0 fully saturated rings. The van der Waals surface area contributed by atoms with Crippen LogP contribution >= 0.6 is 34.4 Å². The number of hydrogen-bond donors (Lipinski definition) is 0. The summed E-state index contributed by atoms with van der Waals surface area (Å²) in [6, 6.07) is 1.85. The summed E-state index contributed by atoms with van der Waals surface area (Å²) in [6.45, 7) is 0. The lowest BCUT2D eigenvalue weighted by molar-refractivity contribution is -0.143. The summed E-state index contributed by atoms with van der Waals surface area (Å²) < 4.78 is 73.0. The minimum Gasteiger partial charge on any atom is -0.236 e. The van der Waals surface area contributed by atoms with Crippen molar-refractivity contribution in [3.8, 4) is 0 Å². The Hall–Kier alpha value is -0.190. The van der Waals surface area contributed by atoms with E-state index in [9.17, 15) is 26.3 Å². The van der Waals surface area contributed by atoms with E-state index >= 15 is 0 Å². The largest absolute Gasteiger partial charge is 0.446 e. The first kappa shape index (κ1) is 13.9. The Labute approximate surface area is 104 Å². The molecule has 0 bridgehead atoms. The van der Waals surface area contributed by atoms with Crippen LogP contribution in [0, 0.1) is 3.70 Å². The van der Waals surface area contributed by atoms with Gasteiger partial charge in [0.25, 0.3) is 0 Å². The zero-order valence-electron chi connectivity index (χ0n) is 7.16. The summed E-state index contributed by atoms with van der Waals surface area (Å²) >= 11 is 0.675. The van der Waals surface area contributed by atoms with E-state index in [0.717, 1.165) is 12.1 Å². The number of halogens is 7. The Balaban J connectivity index is 3.19. The summed E-state index contributed by atoms with van der Waals surface area (Å²) in [5.74, 6) is 0. The van der Waals surface area contributed by atoms with E-state index in [1.165, 1.54) is 22.6 Å². The molecular formula is C7H2F6INS. The van der Waals surface area contributed by atoms with Crippen LogP contribution in [0.2, 0.25) is 0 Å². The molecule has 0 spiro atoms. The van der Waals surface area contributed by atoms with Crippen molar-refractivity contribution in [2.45, 2.75) is 16.6 Å². The number of nitrogens with zero attached hydrogens (tertiary/aromatic N) is 1. The van der Waals surface area contributed by atoms with Gasteiger partial charge >= 0.3 is 11.7 Å². The normalized spacial score (nSPS) is 12.9. The molecule has 1 nitrogen and oxygen atoms in total. The summed E-state index contributed by atoms with van der Waals surface area (Å²) in [6.07, 6.45) is -4.89. The van der Waals surface area contributed by atoms with Crippen molar-refractivity contribution in [3.63, 3.8) is 0 Å². The lowest BCUT2D eigenvalue weighted by atomic mass is 10.3. The van der Waals surface area contributed by atoms with E-state index in [4.69, 9.17) is 0 Å². The number of hydrogen-bond acceptors (Lipinski definition) is 2. The second-order valence-corrected chi connectivity index (χ2v) is 4.74. The average Bonchev–Trinajstić information content (AvgIpc) is 2.04. The second-order valence-electron chi connectivity index (χ2n) is 2.53. The number of aromatic nitrogens is 1. The van der Waals surface area contributed by atoms with E-state index in [2.05, 4.69) is 4.98 Å². The third kappa shape index (κ3) is 4.00. The molecule has 0 aliphatic heterocycles. The molecule has 0 N–H and O–H groups in total. The minimum absolute atomic E-state index is 0.0172. The first-order valence-corrected chi connectivity index (χ1v) is 5.48. The highest BCUT2D eigenvalue weighted by Crippen LogP contribution is 2.42. The zero-order valence-corrected chi connectivity index (χ0v) is 10.1. The zero-order chi connectivity index (χ0) is 12.6. The van der Waals surface area contributed by atoms with Crippen molar-refractivity contribution in [2.24, 2.45) is 0 Å². The molecule has 0 aliphatic rings. The molecular weight excluding hydrogens is 371 g/mol. The van der Waals surface area contributed by atoms with E-state index < -0.39 is 34.0 Å². The molecule has 1 aromatic heterocycles. The van der Waals surface area contributed by atoms with Crippen molar-refractivity contribution in [1.29, 1.82) is 0 Å². The Morgan fingerprint density at radius 2 is 1.62 bits per heavy atom. The smallest absolute Gasteiger partial charge is 0.236 e. The van der Waals surface area contributed by atoms with E-state index in [1.54, 1.807) is 0 Å². The van der Waals surface area contributed by atoms with E-state index in [0.29, 0.717) is 0 Å². The van der Waals surface area contributed by atoms with E-state index in [-0.39, 0.29) is 3.70 Å². The van der Waals surface area contributed by atoms with Crippen molar-refractivity contribution in [2.75, 3.05) is 0 Å². The highest BCUT2D eigenvalue weighted by molar-refractivity contribution is 14.1. The van der Waals surface area contributed by atoms with Gasteiger partial charge in [-0.1, -0.05) is 0 Å². The van der Waals surface area contributed by atoms with Crippen LogP contribution in [-0.4, -0.2) is 10.5 Å². The number of rotatable bonds is 1. The average molecular weight is 373 g/mol. The Morgan fingerprint density at radius 1 is 1.06 bits per heavy atom. The molecule has 0 aromatic carbocycles. The molecule has 0 saturated heterocycles. The summed E-state index contributed by atoms with van der Waals surface area (Å²) in [4.78, 5) is 2.13. The van der Waals surface area contributed by atoms with Gasteiger partial charge in [-0.25, -0.2) is 4.98 Å². The summed E-state index contributed by atoms with van der Waals surface area (Å²) in [7, 11) is 0. The molecule has 0 unspecified atom stereocenters. The topological polar surface area (TPSA) is 12.9 Å². The van der Waals surface area contributed by atoms with Crippen LogP contribution in [0.4, 0.5) is 26.3 Å². The molecule has 1 rings (SSSR count). The monoisotopic (exact) mass is 373 g/mol. The lowest BCUT2D eigenvalue weighted by Gasteiger charge is -2.12. The van der Waals surface area contributed by atoms with Gasteiger partial charge in [0.2, 0.25) is 0 Å². The maximum Gasteiger partial charge on any atom is 0.446 e. The van der Waals surface area contributed by atoms with Gasteiger partial charge in [0.1, 0.15) is 3.70 Å². The first-order valence-electron chi connectivity index (χ1n) is 3.59. The maximum atomic E-state index is 12.4. The fourth-order valence-corrected chi connectivity index (χ4v) is 1.90. The molecule has 0 atom stereocenters. The predicted octanol–water partition coefficient (Wildman–Crippen LogP) is 4.32. The number of pyridine rings is 1. The van der Waals surface area contributed by atoms with Crippen LogP contribution in [0.1, 0.15) is 5.69 Å². The standard InChI is InChI=1S/C7H2F6INS/c8-6(9,10)5-3(16-7(11,12)13)1-2-4(14)15-5/h1-2H. The molecule has 1 heterocycles. The molecule has 0 amide bonds. The minimum atomic E-state index is -4.89. The summed E-state index contributed by atoms with van der Waals surface area (Å²) in [5.41, 5.74) is -6.28. The van der Waals surface area contributed by atoms with Crippen molar-refractivity contribution in [3.05, 3.63) is 21.5 Å². The predicted molar refractivity (Wildman–Crippen MR) is 53.9 cm³/mol. The van der Waals surface area contributed by atoms with Crippen LogP contribution in [-0.2, 0) is 6.18 Å². The number of thioether (sulfide) groups is 1. The highest BCUT2D eigenvalue weighted by Gasteiger charge is 2.40. The van der Waals surface area contributed by atoms with Gasteiger partial charge in [-0.05, 0) is 46.5 Å². The highest BCUT2D eigenvalue weighted by atomic mass is 127. The van der Waals surface area contributed by atoms with Crippen molar-refractivity contribution < 1.29 is 26.3 Å². The van der Waals surface area contributed by atoms with E-state index in [1.807, 2.05) is 0 Å². The fourth-order valence-electron chi connectivity index (χ4n) is 0.833. The third-order valence-electron chi connectivity index (χ3n) is 1.32. The van der Waals surface area contributed by atoms with Crippen LogP contribution in [0.15, 0.2) is 17.0 Å². The Bertz CT molecular complexity index is 387. The molecule has 16 heavy (non-hydrogen) atoms. The molecule has 0 saturated carbocycles. The second kappa shape index (κ2) is 4.59. The lowest BCUT2D eigenvalue weighted by Crippen LogP contribution is -2.12. The maximum absolute atomic E-state index is 12.4. The third-order valence-corrected chi connectivity index (χ3v) is 2.70. The quantitative estimate of drug-likeness (QED) is 0.315. The van der Waals surface area contributed by atoms with Gasteiger partial charge in [0, 0.05) is 4.90 Å². The van der Waals surface area contributed by atoms with Gasteiger partial charge in [0.05, 0.1) is 0 Å². The summed E-state index contributed by atoms with van der Waals surface area (Å²) in [5, 5.41) is 0. The van der Waals surface area contributed by atoms with Gasteiger partial charge in [-0.3, -0.25) is 0 Å². The Kier molecular flexibility index (Phi) is 3.98. The molecule has 0 radical (unpaired) electrons. The molecule has 0 aliphatic carbocycles. The number of alkyl halides is 6. The molecule has 1 aromatic rings. The van der Waals surface area contributed by atoms with Gasteiger partial charge < -0.3 is 0 Å². The van der Waals surface area contributed by atoms with Crippen molar-refractivity contribution in [1.82, 2.24) is 4.98 Å². The first-order chi connectivity index (χ1) is 7.09. The Morgan fingerprint density at radius 3 is 2.06 bits per heavy atom. The van der Waals surface area contributed by atoms with Gasteiger partial charge in [0.15, 0.2) is 5.69 Å². The SMILES string of the molecule is FC(F)(F)Sc1ccc(I)nc1C(F)(F)F. The van der Waals surface area contributed by atoms with Crippen molar-refractivity contribution >= 4 is 34.4 Å². The van der Waals surface area contributed by atoms with Crippen LogP contribution in [0.3, 0.4) is 0 Å². The van der Waals surface area contributed by atoms with Crippen LogP contribution in [0.5, 0.6) is 0 Å². The molecule has 90 valence electrons. The fraction of sp³-hybridized carbons (Fsp3) is 0.286.